The van der Waals surface area contributed by atoms with E-state index < -0.39 is 12.1 Å². The minimum absolute atomic E-state index is 0.0892. The molecule has 0 saturated heterocycles. The lowest BCUT2D eigenvalue weighted by molar-refractivity contribution is -0.123. The van der Waals surface area contributed by atoms with Crippen molar-refractivity contribution in [3.63, 3.8) is 0 Å². The molecule has 0 spiro atoms. The largest absolute Gasteiger partial charge is 0.394 e. The fourth-order valence-electron chi connectivity index (χ4n) is 4.17. The number of nitrogens with one attached hydrogen (secondary N) is 1. The summed E-state index contributed by atoms with van der Waals surface area (Å²) in [5.74, 6) is -0.0892. The molecule has 2 atom stereocenters. The van der Waals surface area contributed by atoms with Crippen molar-refractivity contribution in [3.05, 3.63) is 36.5 Å². The summed E-state index contributed by atoms with van der Waals surface area (Å²) >= 11 is 0. The fraction of sp³-hybridized carbons (Fsp3) is 0.781. The van der Waals surface area contributed by atoms with Crippen LogP contribution < -0.4 is 5.32 Å². The first-order chi connectivity index (χ1) is 17.7. The van der Waals surface area contributed by atoms with Crippen LogP contribution in [0.3, 0.4) is 0 Å². The molecule has 1 amide bonds. The van der Waals surface area contributed by atoms with Crippen LogP contribution in [0, 0.1) is 0 Å². The van der Waals surface area contributed by atoms with Crippen LogP contribution in [0.1, 0.15) is 142 Å². The Bertz CT molecular complexity index is 556. The molecule has 0 aromatic rings. The SMILES string of the molecule is CCCC/C=C\CCCCCCCC(=O)NC(CO)C(O)/C=C/CC/C=C/CCCCCCCCC. The van der Waals surface area contributed by atoms with Gasteiger partial charge in [-0.25, -0.2) is 0 Å². The summed E-state index contributed by atoms with van der Waals surface area (Å²) in [6.07, 6.45) is 35.0. The zero-order valence-corrected chi connectivity index (χ0v) is 23.8. The first kappa shape index (κ1) is 34.6. The summed E-state index contributed by atoms with van der Waals surface area (Å²) in [6.45, 7) is 4.21. The van der Waals surface area contributed by atoms with Gasteiger partial charge >= 0.3 is 0 Å². The molecule has 0 radical (unpaired) electrons. The van der Waals surface area contributed by atoms with Crippen LogP contribution in [0.5, 0.6) is 0 Å². The van der Waals surface area contributed by atoms with Crippen LogP contribution in [-0.2, 0) is 4.79 Å². The number of hydrogen-bond donors (Lipinski definition) is 3. The summed E-state index contributed by atoms with van der Waals surface area (Å²) < 4.78 is 0. The Kier molecular flexibility index (Phi) is 27.1. The quantitative estimate of drug-likeness (QED) is 0.0817. The van der Waals surface area contributed by atoms with Gasteiger partial charge in [0.2, 0.25) is 5.91 Å². The van der Waals surface area contributed by atoms with Gasteiger partial charge in [0.05, 0.1) is 18.8 Å². The van der Waals surface area contributed by atoms with E-state index in [0.29, 0.717) is 6.42 Å². The van der Waals surface area contributed by atoms with Gasteiger partial charge < -0.3 is 15.5 Å². The maximum Gasteiger partial charge on any atom is 0.220 e. The minimum atomic E-state index is -0.860. The Morgan fingerprint density at radius 3 is 1.69 bits per heavy atom. The van der Waals surface area contributed by atoms with E-state index in [0.717, 1.165) is 44.9 Å². The molecule has 0 aliphatic heterocycles. The third kappa shape index (κ3) is 24.3. The van der Waals surface area contributed by atoms with Crippen LogP contribution in [0.2, 0.25) is 0 Å². The number of amides is 1. The van der Waals surface area contributed by atoms with E-state index in [-0.39, 0.29) is 12.5 Å². The third-order valence-electron chi connectivity index (χ3n) is 6.60. The Morgan fingerprint density at radius 2 is 1.11 bits per heavy atom. The average molecular weight is 506 g/mol. The maximum absolute atomic E-state index is 12.2. The summed E-state index contributed by atoms with van der Waals surface area (Å²) in [5, 5.41) is 22.7. The van der Waals surface area contributed by atoms with Crippen LogP contribution in [-0.4, -0.2) is 34.9 Å². The summed E-state index contributed by atoms with van der Waals surface area (Å²) in [6, 6.07) is -0.638. The number of aliphatic hydroxyl groups is 2. The second-order valence-electron chi connectivity index (χ2n) is 10.2. The Hall–Kier alpha value is -1.39. The molecule has 4 heteroatoms. The normalized spacial score (nSPS) is 13.8. The van der Waals surface area contributed by atoms with Gasteiger partial charge in [-0.3, -0.25) is 4.79 Å². The van der Waals surface area contributed by atoms with Gasteiger partial charge in [-0.15, -0.1) is 0 Å². The minimum Gasteiger partial charge on any atom is -0.394 e. The van der Waals surface area contributed by atoms with Crippen molar-refractivity contribution in [2.24, 2.45) is 0 Å². The van der Waals surface area contributed by atoms with Gasteiger partial charge in [0.1, 0.15) is 0 Å². The molecule has 210 valence electrons. The Balaban J connectivity index is 3.78. The summed E-state index contributed by atoms with van der Waals surface area (Å²) in [5.41, 5.74) is 0. The molecule has 0 rings (SSSR count). The predicted molar refractivity (Wildman–Crippen MR) is 156 cm³/mol. The predicted octanol–water partition coefficient (Wildman–Crippen LogP) is 8.33. The van der Waals surface area contributed by atoms with Crippen LogP contribution in [0.15, 0.2) is 36.5 Å². The van der Waals surface area contributed by atoms with E-state index in [9.17, 15) is 15.0 Å². The third-order valence-corrected chi connectivity index (χ3v) is 6.60. The molecule has 2 unspecified atom stereocenters. The molecule has 0 aromatic heterocycles. The van der Waals surface area contributed by atoms with Crippen molar-refractivity contribution in [3.8, 4) is 0 Å². The number of aliphatic hydroxyl groups excluding tert-OH is 2. The monoisotopic (exact) mass is 505 g/mol. The molecule has 0 bridgehead atoms. The van der Waals surface area contributed by atoms with Gasteiger partial charge in [0, 0.05) is 6.42 Å². The van der Waals surface area contributed by atoms with E-state index in [1.807, 2.05) is 6.08 Å². The molecule has 0 fully saturated rings. The highest BCUT2D eigenvalue weighted by atomic mass is 16.3. The van der Waals surface area contributed by atoms with E-state index in [1.54, 1.807) is 6.08 Å². The van der Waals surface area contributed by atoms with E-state index in [4.69, 9.17) is 0 Å². The zero-order valence-electron chi connectivity index (χ0n) is 23.8. The van der Waals surface area contributed by atoms with Crippen molar-refractivity contribution >= 4 is 5.91 Å². The molecule has 0 aliphatic rings. The van der Waals surface area contributed by atoms with Crippen molar-refractivity contribution in [2.75, 3.05) is 6.61 Å². The van der Waals surface area contributed by atoms with Gasteiger partial charge in [-0.05, 0) is 51.4 Å². The van der Waals surface area contributed by atoms with Gasteiger partial charge in [0.15, 0.2) is 0 Å². The number of unbranched alkanes of at least 4 members (excludes halogenated alkanes) is 15. The van der Waals surface area contributed by atoms with E-state index in [2.05, 4.69) is 43.5 Å². The number of carbonyl (C=O) groups excluding carboxylic acids is 1. The Morgan fingerprint density at radius 1 is 0.639 bits per heavy atom. The molecule has 0 heterocycles. The zero-order chi connectivity index (χ0) is 26.5. The molecule has 0 aromatic carbocycles. The van der Waals surface area contributed by atoms with Crippen molar-refractivity contribution < 1.29 is 15.0 Å². The Labute approximate surface area is 223 Å². The maximum atomic E-state index is 12.2. The van der Waals surface area contributed by atoms with E-state index >= 15 is 0 Å². The van der Waals surface area contributed by atoms with E-state index in [1.165, 1.54) is 77.0 Å². The van der Waals surface area contributed by atoms with Gasteiger partial charge in [0.25, 0.3) is 0 Å². The van der Waals surface area contributed by atoms with Crippen molar-refractivity contribution in [2.45, 2.75) is 154 Å². The second-order valence-corrected chi connectivity index (χ2v) is 10.2. The molecular weight excluding hydrogens is 446 g/mol. The summed E-state index contributed by atoms with van der Waals surface area (Å²) in [4.78, 5) is 12.2. The topological polar surface area (TPSA) is 69.6 Å². The molecule has 0 saturated carbocycles. The van der Waals surface area contributed by atoms with Gasteiger partial charge in [-0.2, -0.15) is 0 Å². The highest BCUT2D eigenvalue weighted by Gasteiger charge is 2.17. The number of hydrogen-bond acceptors (Lipinski definition) is 3. The van der Waals surface area contributed by atoms with Crippen molar-refractivity contribution in [1.29, 1.82) is 0 Å². The van der Waals surface area contributed by atoms with Gasteiger partial charge in [-0.1, -0.05) is 121 Å². The highest BCUT2D eigenvalue weighted by Crippen LogP contribution is 2.10. The number of carbonyl (C=O) groups is 1. The number of rotatable bonds is 26. The first-order valence-electron chi connectivity index (χ1n) is 15.2. The lowest BCUT2D eigenvalue weighted by Gasteiger charge is -2.19. The average Bonchev–Trinajstić information content (AvgIpc) is 2.88. The number of allylic oxidation sites excluding steroid dienone is 5. The molecular formula is C32H59NO3. The fourth-order valence-corrected chi connectivity index (χ4v) is 4.17. The molecule has 4 nitrogen and oxygen atoms in total. The van der Waals surface area contributed by atoms with Crippen LogP contribution in [0.25, 0.3) is 0 Å². The van der Waals surface area contributed by atoms with Crippen molar-refractivity contribution in [1.82, 2.24) is 5.32 Å². The first-order valence-corrected chi connectivity index (χ1v) is 15.2. The van der Waals surface area contributed by atoms with Crippen LogP contribution in [0.4, 0.5) is 0 Å². The van der Waals surface area contributed by atoms with Crippen LogP contribution >= 0.6 is 0 Å². The molecule has 36 heavy (non-hydrogen) atoms. The smallest absolute Gasteiger partial charge is 0.220 e. The molecule has 3 N–H and O–H groups in total. The second kappa shape index (κ2) is 28.2. The lowest BCUT2D eigenvalue weighted by Crippen LogP contribution is -2.45. The highest BCUT2D eigenvalue weighted by molar-refractivity contribution is 5.76. The standard InChI is InChI=1S/C32H59NO3/c1-3-5-7-9-11-13-15-16-18-19-21-23-25-27-31(35)30(29-34)33-32(36)28-26-24-22-20-17-14-12-10-8-6-4-2/h10,12,18-19,25,27,30-31,34-35H,3-9,11,13-17,20-24,26,28-29H2,1-2H3,(H,33,36)/b12-10-,19-18+,27-25+. The summed E-state index contributed by atoms with van der Waals surface area (Å²) in [7, 11) is 0. The lowest BCUT2D eigenvalue weighted by atomic mass is 10.1. The molecule has 0 aliphatic carbocycles.